The van der Waals surface area contributed by atoms with E-state index in [9.17, 15) is 9.18 Å². The van der Waals surface area contributed by atoms with E-state index in [1.165, 1.54) is 13.2 Å². The summed E-state index contributed by atoms with van der Waals surface area (Å²) in [5.41, 5.74) is 0.230. The number of benzene rings is 1. The fourth-order valence-corrected chi connectivity index (χ4v) is 1.59. The predicted molar refractivity (Wildman–Crippen MR) is 73.4 cm³/mol. The Kier molecular flexibility index (Phi) is 4.55. The molecular weight excluding hydrogens is 245 g/mol. The predicted octanol–water partition coefficient (Wildman–Crippen LogP) is 2.93. The maximum atomic E-state index is 14.0. The number of hydrogen-bond acceptors (Lipinski definition) is 3. The standard InChI is InChI=1S/C15H18FNO2/c1-6-15(3,4)17-13-8-7-11(9-12(13)16)10(2)14(18)19-5/h1,7-10,17H,2-5H3. The maximum absolute atomic E-state index is 14.0. The van der Waals surface area contributed by atoms with Crippen LogP contribution in [0.5, 0.6) is 0 Å². The first-order valence-electron chi connectivity index (χ1n) is 5.94. The molecule has 0 aliphatic heterocycles. The number of rotatable bonds is 4. The average molecular weight is 263 g/mol. The van der Waals surface area contributed by atoms with Crippen molar-refractivity contribution in [3.63, 3.8) is 0 Å². The first-order valence-corrected chi connectivity index (χ1v) is 5.94. The summed E-state index contributed by atoms with van der Waals surface area (Å²) in [5.74, 6) is 1.18. The van der Waals surface area contributed by atoms with Gasteiger partial charge in [-0.2, -0.15) is 0 Å². The first-order chi connectivity index (χ1) is 8.80. The molecule has 0 fully saturated rings. The molecule has 0 aromatic heterocycles. The molecule has 0 bridgehead atoms. The molecule has 0 amide bonds. The number of hydrogen-bond donors (Lipinski definition) is 1. The van der Waals surface area contributed by atoms with Crippen molar-refractivity contribution >= 4 is 11.7 Å². The zero-order chi connectivity index (χ0) is 14.6. The lowest BCUT2D eigenvalue weighted by atomic mass is 10.00. The Morgan fingerprint density at radius 1 is 1.53 bits per heavy atom. The lowest BCUT2D eigenvalue weighted by molar-refractivity contribution is -0.141. The van der Waals surface area contributed by atoms with Gasteiger partial charge in [-0.3, -0.25) is 4.79 Å². The van der Waals surface area contributed by atoms with Crippen molar-refractivity contribution in [1.29, 1.82) is 0 Å². The Morgan fingerprint density at radius 2 is 2.16 bits per heavy atom. The van der Waals surface area contributed by atoms with Crippen molar-refractivity contribution in [3.8, 4) is 12.3 Å². The number of nitrogens with one attached hydrogen (secondary N) is 1. The molecule has 0 aliphatic carbocycles. The Hall–Kier alpha value is -2.02. The van der Waals surface area contributed by atoms with Gasteiger partial charge in [0.15, 0.2) is 0 Å². The molecule has 1 atom stereocenters. The van der Waals surface area contributed by atoms with Crippen LogP contribution < -0.4 is 5.32 Å². The second kappa shape index (κ2) is 5.75. The minimum atomic E-state index is -0.643. The van der Waals surface area contributed by atoms with Crippen molar-refractivity contribution in [3.05, 3.63) is 29.6 Å². The largest absolute Gasteiger partial charge is 0.469 e. The van der Waals surface area contributed by atoms with Gasteiger partial charge < -0.3 is 10.1 Å². The molecular formula is C15H18FNO2. The number of halogens is 1. The van der Waals surface area contributed by atoms with E-state index in [0.29, 0.717) is 11.3 Å². The summed E-state index contributed by atoms with van der Waals surface area (Å²) in [6.45, 7) is 5.22. The molecule has 0 saturated carbocycles. The van der Waals surface area contributed by atoms with Crippen LogP contribution in [0.1, 0.15) is 32.3 Å². The highest BCUT2D eigenvalue weighted by atomic mass is 19.1. The van der Waals surface area contributed by atoms with Gasteiger partial charge in [-0.1, -0.05) is 12.0 Å². The summed E-state index contributed by atoms with van der Waals surface area (Å²) in [6, 6.07) is 4.57. The van der Waals surface area contributed by atoms with E-state index in [0.717, 1.165) is 0 Å². The number of terminal acetylenes is 1. The van der Waals surface area contributed by atoms with E-state index >= 15 is 0 Å². The molecule has 1 N–H and O–H groups in total. The van der Waals surface area contributed by atoms with Crippen molar-refractivity contribution in [2.75, 3.05) is 12.4 Å². The molecule has 1 unspecified atom stereocenters. The van der Waals surface area contributed by atoms with Crippen molar-refractivity contribution < 1.29 is 13.9 Å². The fourth-order valence-electron chi connectivity index (χ4n) is 1.59. The highest BCUT2D eigenvalue weighted by Crippen LogP contribution is 2.24. The molecule has 0 spiro atoms. The monoisotopic (exact) mass is 263 g/mol. The number of carbonyl (C=O) groups excluding carboxylic acids is 1. The third kappa shape index (κ3) is 3.72. The molecule has 19 heavy (non-hydrogen) atoms. The van der Waals surface area contributed by atoms with Gasteiger partial charge in [0.25, 0.3) is 0 Å². The van der Waals surface area contributed by atoms with Gasteiger partial charge in [-0.15, -0.1) is 6.42 Å². The SMILES string of the molecule is C#CC(C)(C)Nc1ccc(C(C)C(=O)OC)cc1F. The quantitative estimate of drug-likeness (QED) is 0.670. The molecule has 0 saturated heterocycles. The molecule has 0 radical (unpaired) electrons. The Balaban J connectivity index is 2.99. The molecule has 3 nitrogen and oxygen atoms in total. The fraction of sp³-hybridized carbons (Fsp3) is 0.400. The summed E-state index contributed by atoms with van der Waals surface area (Å²) < 4.78 is 18.6. The minimum absolute atomic E-state index is 0.309. The van der Waals surface area contributed by atoms with Crippen LogP contribution in [0.15, 0.2) is 18.2 Å². The second-order valence-corrected chi connectivity index (χ2v) is 4.88. The zero-order valence-corrected chi connectivity index (χ0v) is 11.6. The smallest absolute Gasteiger partial charge is 0.312 e. The van der Waals surface area contributed by atoms with Crippen LogP contribution in [0.3, 0.4) is 0 Å². The summed E-state index contributed by atoms with van der Waals surface area (Å²) in [6.07, 6.45) is 5.34. The topological polar surface area (TPSA) is 38.3 Å². The molecule has 0 aliphatic rings. The van der Waals surface area contributed by atoms with E-state index in [-0.39, 0.29) is 0 Å². The Bertz CT molecular complexity index is 517. The molecule has 4 heteroatoms. The minimum Gasteiger partial charge on any atom is -0.469 e. The highest BCUT2D eigenvalue weighted by molar-refractivity contribution is 5.77. The molecule has 1 rings (SSSR count). The number of ether oxygens (including phenoxy) is 1. The van der Waals surface area contributed by atoms with Crippen LogP contribution in [-0.2, 0) is 9.53 Å². The van der Waals surface area contributed by atoms with E-state index in [1.807, 2.05) is 0 Å². The lowest BCUT2D eigenvalue weighted by Crippen LogP contribution is -2.29. The third-order valence-corrected chi connectivity index (χ3v) is 2.86. The van der Waals surface area contributed by atoms with Gasteiger partial charge in [-0.25, -0.2) is 4.39 Å². The van der Waals surface area contributed by atoms with E-state index in [2.05, 4.69) is 16.0 Å². The van der Waals surface area contributed by atoms with Crippen molar-refractivity contribution in [2.45, 2.75) is 32.2 Å². The van der Waals surface area contributed by atoms with E-state index in [1.54, 1.807) is 32.9 Å². The van der Waals surface area contributed by atoms with Crippen LogP contribution >= 0.6 is 0 Å². The van der Waals surface area contributed by atoms with Gasteiger partial charge in [0.1, 0.15) is 5.82 Å². The van der Waals surface area contributed by atoms with E-state index < -0.39 is 23.2 Å². The molecule has 1 aromatic carbocycles. The Morgan fingerprint density at radius 3 is 2.63 bits per heavy atom. The molecule has 1 aromatic rings. The Labute approximate surface area is 113 Å². The van der Waals surface area contributed by atoms with Gasteiger partial charge in [0.05, 0.1) is 24.3 Å². The summed E-state index contributed by atoms with van der Waals surface area (Å²) >= 11 is 0. The van der Waals surface area contributed by atoms with Crippen LogP contribution in [0, 0.1) is 18.2 Å². The van der Waals surface area contributed by atoms with Crippen LogP contribution in [0.25, 0.3) is 0 Å². The van der Waals surface area contributed by atoms with E-state index in [4.69, 9.17) is 6.42 Å². The summed E-state index contributed by atoms with van der Waals surface area (Å²) in [5, 5.41) is 2.92. The second-order valence-electron chi connectivity index (χ2n) is 4.88. The summed E-state index contributed by atoms with van der Waals surface area (Å²) in [7, 11) is 1.31. The number of esters is 1. The molecule has 0 heterocycles. The number of anilines is 1. The van der Waals surface area contributed by atoms with Crippen LogP contribution in [-0.4, -0.2) is 18.6 Å². The third-order valence-electron chi connectivity index (χ3n) is 2.86. The van der Waals surface area contributed by atoms with Crippen LogP contribution in [0.4, 0.5) is 10.1 Å². The summed E-state index contributed by atoms with van der Waals surface area (Å²) in [4.78, 5) is 11.4. The molecule has 102 valence electrons. The zero-order valence-electron chi connectivity index (χ0n) is 11.6. The van der Waals surface area contributed by atoms with Crippen molar-refractivity contribution in [1.82, 2.24) is 0 Å². The van der Waals surface area contributed by atoms with Gasteiger partial charge >= 0.3 is 5.97 Å². The first kappa shape index (κ1) is 15.0. The van der Waals surface area contributed by atoms with Gasteiger partial charge in [-0.05, 0) is 38.5 Å². The van der Waals surface area contributed by atoms with Crippen molar-refractivity contribution in [2.24, 2.45) is 0 Å². The highest BCUT2D eigenvalue weighted by Gasteiger charge is 2.19. The average Bonchev–Trinajstić information content (AvgIpc) is 2.39. The van der Waals surface area contributed by atoms with Gasteiger partial charge in [0.2, 0.25) is 0 Å². The number of carbonyl (C=O) groups is 1. The van der Waals surface area contributed by atoms with Crippen LogP contribution in [0.2, 0.25) is 0 Å². The normalized spacial score (nSPS) is 12.4. The maximum Gasteiger partial charge on any atom is 0.312 e. The lowest BCUT2D eigenvalue weighted by Gasteiger charge is -2.22. The van der Waals surface area contributed by atoms with Gasteiger partial charge in [0, 0.05) is 0 Å². The number of methoxy groups -OCH3 is 1.